The van der Waals surface area contributed by atoms with Crippen molar-refractivity contribution in [3.05, 3.63) is 36.5 Å². The van der Waals surface area contributed by atoms with E-state index in [9.17, 15) is 9.59 Å². The Hall–Kier alpha value is -2.21. The van der Waals surface area contributed by atoms with Crippen LogP contribution in [0.15, 0.2) is 36.5 Å². The van der Waals surface area contributed by atoms with E-state index >= 15 is 0 Å². The predicted octanol–water partition coefficient (Wildman–Crippen LogP) is 2.70. The molecule has 0 atom stereocenters. The number of hydrogen-bond donors (Lipinski definition) is 1. The highest BCUT2D eigenvalue weighted by molar-refractivity contribution is 7.19. The molecule has 0 aliphatic carbocycles. The van der Waals surface area contributed by atoms with Gasteiger partial charge < -0.3 is 10.1 Å². The van der Waals surface area contributed by atoms with Crippen LogP contribution in [0, 0.1) is 0 Å². The first-order chi connectivity index (χ1) is 9.69. The van der Waals surface area contributed by atoms with Crippen LogP contribution in [0.3, 0.4) is 0 Å². The van der Waals surface area contributed by atoms with Crippen LogP contribution in [-0.2, 0) is 14.3 Å². The third kappa shape index (κ3) is 3.89. The minimum Gasteiger partial charge on any atom is -0.466 e. The van der Waals surface area contributed by atoms with Crippen molar-refractivity contribution in [3.63, 3.8) is 0 Å². The van der Waals surface area contributed by atoms with Crippen LogP contribution in [-0.4, -0.2) is 23.5 Å². The second-order valence-corrected chi connectivity index (χ2v) is 4.96. The van der Waals surface area contributed by atoms with Crippen molar-refractivity contribution in [2.24, 2.45) is 0 Å². The number of benzene rings is 1. The van der Waals surface area contributed by atoms with Gasteiger partial charge in [0.2, 0.25) is 5.91 Å². The van der Waals surface area contributed by atoms with Crippen molar-refractivity contribution < 1.29 is 14.3 Å². The number of esters is 1. The van der Waals surface area contributed by atoms with E-state index in [0.29, 0.717) is 5.13 Å². The predicted molar refractivity (Wildman–Crippen MR) is 77.4 cm³/mol. The Kier molecular flexibility index (Phi) is 4.84. The summed E-state index contributed by atoms with van der Waals surface area (Å²) in [5.41, 5.74) is 1.04. The van der Waals surface area contributed by atoms with Crippen LogP contribution in [0.5, 0.6) is 0 Å². The van der Waals surface area contributed by atoms with Crippen LogP contribution in [0.25, 0.3) is 10.4 Å². The lowest BCUT2D eigenvalue weighted by atomic mass is 10.2. The van der Waals surface area contributed by atoms with Gasteiger partial charge in [-0.05, 0) is 12.5 Å². The van der Waals surface area contributed by atoms with Crippen LogP contribution in [0.2, 0.25) is 0 Å². The van der Waals surface area contributed by atoms with E-state index < -0.39 is 11.9 Å². The number of nitrogens with one attached hydrogen (secondary N) is 1. The van der Waals surface area contributed by atoms with Gasteiger partial charge in [-0.2, -0.15) is 0 Å². The van der Waals surface area contributed by atoms with Gasteiger partial charge in [0.1, 0.15) is 6.42 Å². The molecule has 1 N–H and O–H groups in total. The minimum absolute atomic E-state index is 0.265. The Morgan fingerprint density at radius 2 is 2.05 bits per heavy atom. The standard InChI is InChI=1S/C14H14N2O3S/c1-2-19-13(18)8-12(17)16-14-15-9-11(20-14)10-6-4-3-5-7-10/h3-7,9H,2,8H2,1H3,(H,15,16,17). The largest absolute Gasteiger partial charge is 0.466 e. The number of amides is 1. The lowest BCUT2D eigenvalue weighted by molar-refractivity contribution is -0.145. The molecule has 0 unspecified atom stereocenters. The molecule has 6 heteroatoms. The molecule has 1 amide bonds. The average molecular weight is 290 g/mol. The van der Waals surface area contributed by atoms with Crippen molar-refractivity contribution in [3.8, 4) is 10.4 Å². The fourth-order valence-electron chi connectivity index (χ4n) is 1.57. The topological polar surface area (TPSA) is 68.3 Å². The Bertz CT molecular complexity index is 595. The number of aromatic nitrogens is 1. The second-order valence-electron chi connectivity index (χ2n) is 3.93. The second kappa shape index (κ2) is 6.81. The van der Waals surface area contributed by atoms with Gasteiger partial charge in [0.15, 0.2) is 5.13 Å². The van der Waals surface area contributed by atoms with E-state index in [1.54, 1.807) is 13.1 Å². The molecule has 5 nitrogen and oxygen atoms in total. The highest BCUT2D eigenvalue weighted by Crippen LogP contribution is 2.28. The van der Waals surface area contributed by atoms with Crippen molar-refractivity contribution in [2.75, 3.05) is 11.9 Å². The molecule has 0 aliphatic rings. The highest BCUT2D eigenvalue weighted by atomic mass is 32.1. The first kappa shape index (κ1) is 14.2. The number of thiazole rings is 1. The maximum atomic E-state index is 11.6. The summed E-state index contributed by atoms with van der Waals surface area (Å²) in [7, 11) is 0. The van der Waals surface area contributed by atoms with Crippen molar-refractivity contribution in [2.45, 2.75) is 13.3 Å². The third-order valence-corrected chi connectivity index (χ3v) is 3.38. The monoisotopic (exact) mass is 290 g/mol. The summed E-state index contributed by atoms with van der Waals surface area (Å²) in [6, 6.07) is 9.75. The van der Waals surface area contributed by atoms with Gasteiger partial charge in [0, 0.05) is 6.20 Å². The molecular weight excluding hydrogens is 276 g/mol. The van der Waals surface area contributed by atoms with E-state index in [1.165, 1.54) is 11.3 Å². The first-order valence-electron chi connectivity index (χ1n) is 6.15. The van der Waals surface area contributed by atoms with Gasteiger partial charge in [-0.1, -0.05) is 41.7 Å². The average Bonchev–Trinajstić information content (AvgIpc) is 2.88. The number of nitrogens with zero attached hydrogens (tertiary/aromatic N) is 1. The Morgan fingerprint density at radius 3 is 2.75 bits per heavy atom. The van der Waals surface area contributed by atoms with Gasteiger partial charge in [0.05, 0.1) is 11.5 Å². The fourth-order valence-corrected chi connectivity index (χ4v) is 2.41. The molecule has 1 heterocycles. The number of ether oxygens (including phenoxy) is 1. The van der Waals surface area contributed by atoms with Gasteiger partial charge in [0.25, 0.3) is 0 Å². The molecule has 0 aliphatic heterocycles. The van der Waals surface area contributed by atoms with Crippen molar-refractivity contribution in [1.82, 2.24) is 4.98 Å². The number of carbonyl (C=O) groups is 2. The molecule has 104 valence electrons. The molecular formula is C14H14N2O3S. The molecule has 0 bridgehead atoms. The SMILES string of the molecule is CCOC(=O)CC(=O)Nc1ncc(-c2ccccc2)s1. The van der Waals surface area contributed by atoms with Crippen molar-refractivity contribution in [1.29, 1.82) is 0 Å². The van der Waals surface area contributed by atoms with Gasteiger partial charge in [-0.25, -0.2) is 4.98 Å². The Morgan fingerprint density at radius 1 is 1.30 bits per heavy atom. The van der Waals surface area contributed by atoms with E-state index in [2.05, 4.69) is 10.3 Å². The molecule has 0 spiro atoms. The zero-order chi connectivity index (χ0) is 14.4. The van der Waals surface area contributed by atoms with Crippen LogP contribution >= 0.6 is 11.3 Å². The molecule has 0 saturated heterocycles. The number of carbonyl (C=O) groups excluding carboxylic acids is 2. The van der Waals surface area contributed by atoms with Gasteiger partial charge in [-0.3, -0.25) is 9.59 Å². The molecule has 2 rings (SSSR count). The smallest absolute Gasteiger partial charge is 0.315 e. The molecule has 1 aromatic carbocycles. The zero-order valence-electron chi connectivity index (χ0n) is 11.0. The summed E-state index contributed by atoms with van der Waals surface area (Å²) in [6.45, 7) is 1.96. The van der Waals surface area contributed by atoms with Crippen molar-refractivity contribution >= 4 is 28.3 Å². The maximum absolute atomic E-state index is 11.6. The summed E-state index contributed by atoms with van der Waals surface area (Å²) < 4.78 is 4.71. The molecule has 20 heavy (non-hydrogen) atoms. The Balaban J connectivity index is 1.96. The quantitative estimate of drug-likeness (QED) is 0.679. The summed E-state index contributed by atoms with van der Waals surface area (Å²) in [6.07, 6.45) is 1.40. The lowest BCUT2D eigenvalue weighted by Gasteiger charge is -2.01. The first-order valence-corrected chi connectivity index (χ1v) is 6.97. The summed E-state index contributed by atoms with van der Waals surface area (Å²) in [5.74, 6) is -0.956. The molecule has 1 aromatic heterocycles. The normalized spacial score (nSPS) is 10.1. The number of anilines is 1. The molecule has 0 fully saturated rings. The highest BCUT2D eigenvalue weighted by Gasteiger charge is 2.12. The fraction of sp³-hybridized carbons (Fsp3) is 0.214. The third-order valence-electron chi connectivity index (χ3n) is 2.42. The Labute approximate surface area is 120 Å². The summed E-state index contributed by atoms with van der Waals surface area (Å²) in [4.78, 5) is 27.8. The van der Waals surface area contributed by atoms with E-state index in [-0.39, 0.29) is 13.0 Å². The van der Waals surface area contributed by atoms with E-state index in [0.717, 1.165) is 10.4 Å². The summed E-state index contributed by atoms with van der Waals surface area (Å²) >= 11 is 1.36. The van der Waals surface area contributed by atoms with E-state index in [1.807, 2.05) is 30.3 Å². The van der Waals surface area contributed by atoms with Crippen LogP contribution in [0.4, 0.5) is 5.13 Å². The molecule has 2 aromatic rings. The van der Waals surface area contributed by atoms with Gasteiger partial charge in [-0.15, -0.1) is 0 Å². The van der Waals surface area contributed by atoms with Crippen LogP contribution < -0.4 is 5.32 Å². The number of hydrogen-bond acceptors (Lipinski definition) is 5. The molecule has 0 radical (unpaired) electrons. The van der Waals surface area contributed by atoms with Crippen LogP contribution in [0.1, 0.15) is 13.3 Å². The number of rotatable bonds is 5. The lowest BCUT2D eigenvalue weighted by Crippen LogP contribution is -2.17. The molecule has 0 saturated carbocycles. The maximum Gasteiger partial charge on any atom is 0.315 e. The van der Waals surface area contributed by atoms with Gasteiger partial charge >= 0.3 is 5.97 Å². The zero-order valence-corrected chi connectivity index (χ0v) is 11.8. The van der Waals surface area contributed by atoms with E-state index in [4.69, 9.17) is 4.74 Å². The summed E-state index contributed by atoms with van der Waals surface area (Å²) in [5, 5.41) is 3.06. The minimum atomic E-state index is -0.537.